The van der Waals surface area contributed by atoms with Gasteiger partial charge in [-0.2, -0.15) is 0 Å². The summed E-state index contributed by atoms with van der Waals surface area (Å²) in [5.41, 5.74) is -0.386. The van der Waals surface area contributed by atoms with E-state index in [1.807, 2.05) is 5.09 Å². The largest absolute Gasteiger partial charge is 0.508 e. The molecule has 9 heteroatoms. The average Bonchev–Trinajstić information content (AvgIpc) is 2.45. The molecule has 1 unspecified atom stereocenters. The second-order valence-corrected chi connectivity index (χ2v) is 6.95. The Morgan fingerprint density at radius 2 is 1.76 bits per heavy atom. The highest BCUT2D eigenvalue weighted by molar-refractivity contribution is 7.53. The van der Waals surface area contributed by atoms with Crippen LogP contribution in [0.25, 0.3) is 0 Å². The molecule has 0 aliphatic heterocycles. The topological polar surface area (TPSA) is 150 Å². The van der Waals surface area contributed by atoms with E-state index in [0.717, 1.165) is 0 Å². The summed E-state index contributed by atoms with van der Waals surface area (Å²) in [5, 5.41) is 43.1. The Labute approximate surface area is 144 Å². The molecule has 0 radical (unpaired) electrons. The Morgan fingerprint density at radius 3 is 2.32 bits per heavy atom. The second-order valence-electron chi connectivity index (χ2n) is 5.64. The van der Waals surface area contributed by atoms with Crippen molar-refractivity contribution in [1.82, 2.24) is 0 Å². The van der Waals surface area contributed by atoms with Crippen molar-refractivity contribution >= 4 is 13.4 Å². The predicted octanol–water partition coefficient (Wildman–Crippen LogP) is 1.93. The van der Waals surface area contributed by atoms with E-state index in [-0.39, 0.29) is 17.9 Å². The minimum absolute atomic E-state index is 0.0717. The first-order valence-corrected chi connectivity index (χ1v) is 9.07. The van der Waals surface area contributed by atoms with Gasteiger partial charge in [-0.25, -0.2) is 4.57 Å². The number of anilines is 1. The van der Waals surface area contributed by atoms with Crippen LogP contribution in [0.1, 0.15) is 30.4 Å². The van der Waals surface area contributed by atoms with E-state index < -0.39 is 30.8 Å². The standard InChI is InChI=1S/C16H20NO7P/c1-2-12(10-5-3-6-11(18)9-10)16(20,21)15-13(17-25(22,23)24)7-4-8-14(15)19/h3-9,12,18-21H,2H2,1H3,(H3,17,22,23,24). The third-order valence-corrected chi connectivity index (χ3v) is 4.38. The molecule has 8 nitrogen and oxygen atoms in total. The van der Waals surface area contributed by atoms with Crippen molar-refractivity contribution in [3.63, 3.8) is 0 Å². The fourth-order valence-electron chi connectivity index (χ4n) is 2.85. The Hall–Kier alpha value is -2.09. The smallest absolute Gasteiger partial charge is 0.427 e. The van der Waals surface area contributed by atoms with Crippen molar-refractivity contribution < 1.29 is 34.8 Å². The first kappa shape index (κ1) is 19.2. The molecule has 0 saturated carbocycles. The molecule has 136 valence electrons. The van der Waals surface area contributed by atoms with E-state index >= 15 is 0 Å². The van der Waals surface area contributed by atoms with Gasteiger partial charge in [-0.3, -0.25) is 5.09 Å². The molecule has 2 rings (SSSR count). The molecule has 1 atom stereocenters. The van der Waals surface area contributed by atoms with Gasteiger partial charge >= 0.3 is 7.75 Å². The number of aliphatic hydroxyl groups is 2. The molecule has 0 aliphatic rings. The lowest BCUT2D eigenvalue weighted by Gasteiger charge is -2.33. The highest BCUT2D eigenvalue weighted by atomic mass is 31.2. The number of benzene rings is 2. The lowest BCUT2D eigenvalue weighted by atomic mass is 9.83. The zero-order valence-corrected chi connectivity index (χ0v) is 14.3. The fourth-order valence-corrected chi connectivity index (χ4v) is 3.35. The van der Waals surface area contributed by atoms with Gasteiger partial charge in [0.05, 0.1) is 11.3 Å². The van der Waals surface area contributed by atoms with Crippen LogP contribution in [0.2, 0.25) is 0 Å². The van der Waals surface area contributed by atoms with Crippen molar-refractivity contribution in [1.29, 1.82) is 0 Å². The van der Waals surface area contributed by atoms with Crippen LogP contribution in [0, 0.1) is 0 Å². The van der Waals surface area contributed by atoms with E-state index in [0.29, 0.717) is 5.56 Å². The number of rotatable bonds is 6. The molecule has 0 aliphatic carbocycles. The average molecular weight is 369 g/mol. The van der Waals surface area contributed by atoms with Crippen molar-refractivity contribution in [3.8, 4) is 11.5 Å². The van der Waals surface area contributed by atoms with Crippen LogP contribution in [-0.2, 0) is 10.4 Å². The zero-order chi connectivity index (χ0) is 18.8. The molecule has 2 aromatic rings. The van der Waals surface area contributed by atoms with Crippen LogP contribution < -0.4 is 5.09 Å². The van der Waals surface area contributed by atoms with E-state index in [1.54, 1.807) is 13.0 Å². The first-order valence-electron chi connectivity index (χ1n) is 7.46. The number of phenolic OH excluding ortho intramolecular Hbond substituents is 2. The molecular formula is C16H20NO7P. The van der Waals surface area contributed by atoms with E-state index in [4.69, 9.17) is 9.79 Å². The van der Waals surface area contributed by atoms with Gasteiger partial charge < -0.3 is 30.2 Å². The van der Waals surface area contributed by atoms with E-state index in [9.17, 15) is 25.0 Å². The molecule has 0 heterocycles. The molecule has 0 saturated heterocycles. The van der Waals surface area contributed by atoms with Gasteiger partial charge in [0.15, 0.2) is 0 Å². The van der Waals surface area contributed by atoms with E-state index in [2.05, 4.69) is 0 Å². The SMILES string of the molecule is CCC(c1cccc(O)c1)C(O)(O)c1c(O)cccc1NP(=O)(O)O. The molecule has 0 amide bonds. The van der Waals surface area contributed by atoms with Gasteiger partial charge in [0.1, 0.15) is 11.5 Å². The molecule has 0 spiro atoms. The Morgan fingerprint density at radius 1 is 1.12 bits per heavy atom. The minimum atomic E-state index is -4.75. The summed E-state index contributed by atoms with van der Waals surface area (Å²) in [6.45, 7) is 1.67. The third-order valence-electron chi connectivity index (χ3n) is 3.84. The maximum Gasteiger partial charge on any atom is 0.427 e. The molecular weight excluding hydrogens is 349 g/mol. The van der Waals surface area contributed by atoms with Gasteiger partial charge in [0.2, 0.25) is 5.79 Å². The predicted molar refractivity (Wildman–Crippen MR) is 91.0 cm³/mol. The highest BCUT2D eigenvalue weighted by Crippen LogP contribution is 2.47. The summed E-state index contributed by atoms with van der Waals surface area (Å²) in [5.74, 6) is -4.25. The number of nitrogens with one attached hydrogen (secondary N) is 1. The van der Waals surface area contributed by atoms with Crippen molar-refractivity contribution in [2.75, 3.05) is 5.09 Å². The van der Waals surface area contributed by atoms with Crippen LogP contribution in [0.3, 0.4) is 0 Å². The van der Waals surface area contributed by atoms with Gasteiger partial charge in [-0.05, 0) is 36.2 Å². The maximum atomic E-state index is 11.3. The molecule has 25 heavy (non-hydrogen) atoms. The van der Waals surface area contributed by atoms with Gasteiger partial charge in [0.25, 0.3) is 0 Å². The number of hydrogen-bond donors (Lipinski definition) is 7. The van der Waals surface area contributed by atoms with Crippen molar-refractivity contribution in [3.05, 3.63) is 53.6 Å². The van der Waals surface area contributed by atoms with Gasteiger partial charge in [-0.15, -0.1) is 0 Å². The summed E-state index contributed by atoms with van der Waals surface area (Å²) >= 11 is 0. The summed E-state index contributed by atoms with van der Waals surface area (Å²) in [6, 6.07) is 9.58. The third kappa shape index (κ3) is 4.31. The number of aromatic hydroxyl groups is 2. The lowest BCUT2D eigenvalue weighted by molar-refractivity contribution is -0.189. The maximum absolute atomic E-state index is 11.3. The number of hydrogen-bond acceptors (Lipinski definition) is 5. The first-order chi connectivity index (χ1) is 11.6. The van der Waals surface area contributed by atoms with E-state index in [1.165, 1.54) is 36.4 Å². The number of phenols is 2. The zero-order valence-electron chi connectivity index (χ0n) is 13.4. The van der Waals surface area contributed by atoms with Crippen LogP contribution in [-0.4, -0.2) is 30.2 Å². The summed E-state index contributed by atoms with van der Waals surface area (Å²) < 4.78 is 11.3. The summed E-state index contributed by atoms with van der Waals surface area (Å²) in [4.78, 5) is 18.2. The van der Waals surface area contributed by atoms with Crippen LogP contribution in [0.5, 0.6) is 11.5 Å². The molecule has 7 N–H and O–H groups in total. The minimum Gasteiger partial charge on any atom is -0.508 e. The highest BCUT2D eigenvalue weighted by Gasteiger charge is 2.41. The van der Waals surface area contributed by atoms with Gasteiger partial charge in [-0.1, -0.05) is 25.1 Å². The monoisotopic (exact) mass is 369 g/mol. The Kier molecular flexibility index (Phi) is 5.41. The molecule has 0 bridgehead atoms. The molecule has 2 aromatic carbocycles. The normalized spacial score (nSPS) is 13.5. The van der Waals surface area contributed by atoms with Gasteiger partial charge in [0, 0.05) is 5.92 Å². The Balaban J connectivity index is 2.59. The van der Waals surface area contributed by atoms with Crippen LogP contribution >= 0.6 is 7.75 Å². The summed E-state index contributed by atoms with van der Waals surface area (Å²) in [6.07, 6.45) is 0.208. The lowest BCUT2D eigenvalue weighted by Crippen LogP contribution is -2.34. The van der Waals surface area contributed by atoms with Crippen LogP contribution in [0.15, 0.2) is 42.5 Å². The quantitative estimate of drug-likeness (QED) is 0.301. The van der Waals surface area contributed by atoms with Crippen molar-refractivity contribution in [2.45, 2.75) is 25.0 Å². The Bertz CT molecular complexity index is 803. The molecule has 0 aromatic heterocycles. The van der Waals surface area contributed by atoms with Crippen LogP contribution in [0.4, 0.5) is 5.69 Å². The fraction of sp³-hybridized carbons (Fsp3) is 0.250. The van der Waals surface area contributed by atoms with Crippen molar-refractivity contribution in [2.24, 2.45) is 0 Å². The summed E-state index contributed by atoms with van der Waals surface area (Å²) in [7, 11) is -4.75. The molecule has 0 fully saturated rings. The second kappa shape index (κ2) is 7.03.